The zero-order chi connectivity index (χ0) is 20.6. The first-order chi connectivity index (χ1) is 12.6. The van der Waals surface area contributed by atoms with Crippen LogP contribution >= 0.6 is 0 Å². The minimum atomic E-state index is -3.34. The Bertz CT molecular complexity index is 791. The van der Waals surface area contributed by atoms with Crippen LogP contribution in [0.15, 0.2) is 18.2 Å². The number of carboxylic acid groups (broad SMARTS) is 1. The summed E-state index contributed by atoms with van der Waals surface area (Å²) < 4.78 is 38.0. The predicted octanol–water partition coefficient (Wildman–Crippen LogP) is 0.730. The van der Waals surface area contributed by atoms with Gasteiger partial charge in [-0.1, -0.05) is 0 Å². The molecule has 0 aliphatic rings. The molecule has 0 bridgehead atoms. The highest BCUT2D eigenvalue weighted by atomic mass is 32.2. The van der Waals surface area contributed by atoms with E-state index in [-0.39, 0.29) is 12.2 Å². The van der Waals surface area contributed by atoms with Crippen LogP contribution in [0.3, 0.4) is 0 Å². The maximum atomic E-state index is 12.0. The molecule has 0 fully saturated rings. The number of sulfone groups is 1. The molecule has 1 unspecified atom stereocenters. The van der Waals surface area contributed by atoms with Crippen LogP contribution in [0.5, 0.6) is 17.2 Å². The van der Waals surface area contributed by atoms with Crippen LogP contribution in [0.25, 0.3) is 6.08 Å². The molecule has 0 aromatic heterocycles. The highest BCUT2D eigenvalue weighted by molar-refractivity contribution is 7.90. The molecule has 10 heteroatoms. The predicted molar refractivity (Wildman–Crippen MR) is 99.0 cm³/mol. The van der Waals surface area contributed by atoms with E-state index < -0.39 is 27.8 Å². The van der Waals surface area contributed by atoms with Crippen LogP contribution < -0.4 is 19.5 Å². The molecule has 0 aliphatic heterocycles. The maximum absolute atomic E-state index is 12.0. The van der Waals surface area contributed by atoms with E-state index in [1.807, 2.05) is 0 Å². The zero-order valence-corrected chi connectivity index (χ0v) is 16.3. The lowest BCUT2D eigenvalue weighted by Crippen LogP contribution is -2.41. The summed E-state index contributed by atoms with van der Waals surface area (Å²) >= 11 is 0. The fourth-order valence-corrected chi connectivity index (χ4v) is 2.84. The number of ether oxygens (including phenoxy) is 3. The average Bonchev–Trinajstić information content (AvgIpc) is 2.61. The molecule has 27 heavy (non-hydrogen) atoms. The molecule has 0 saturated carbocycles. The largest absolute Gasteiger partial charge is 0.493 e. The third kappa shape index (κ3) is 7.18. The number of amides is 1. The number of carbonyl (C=O) groups is 2. The van der Waals surface area contributed by atoms with Gasteiger partial charge in [0.25, 0.3) is 0 Å². The molecule has 2 N–H and O–H groups in total. The van der Waals surface area contributed by atoms with Crippen molar-refractivity contribution in [3.05, 3.63) is 23.8 Å². The van der Waals surface area contributed by atoms with E-state index in [0.717, 1.165) is 12.3 Å². The molecular formula is C17H23NO8S. The van der Waals surface area contributed by atoms with E-state index in [1.165, 1.54) is 27.4 Å². The lowest BCUT2D eigenvalue weighted by molar-refractivity contribution is -0.141. The second-order valence-corrected chi connectivity index (χ2v) is 7.87. The van der Waals surface area contributed by atoms with E-state index in [2.05, 4.69) is 5.32 Å². The second-order valence-electron chi connectivity index (χ2n) is 5.61. The van der Waals surface area contributed by atoms with Crippen molar-refractivity contribution < 1.29 is 37.3 Å². The van der Waals surface area contributed by atoms with Crippen molar-refractivity contribution in [3.63, 3.8) is 0 Å². The molecule has 0 radical (unpaired) electrons. The van der Waals surface area contributed by atoms with E-state index in [1.54, 1.807) is 12.1 Å². The molecule has 0 aliphatic carbocycles. The highest BCUT2D eigenvalue weighted by Crippen LogP contribution is 2.38. The molecule has 1 aromatic rings. The summed E-state index contributed by atoms with van der Waals surface area (Å²) in [4.78, 5) is 23.2. The van der Waals surface area contributed by atoms with Gasteiger partial charge in [0.05, 0.1) is 27.1 Å². The molecule has 9 nitrogen and oxygen atoms in total. The Kier molecular flexibility index (Phi) is 8.10. The normalized spacial score (nSPS) is 12.4. The van der Waals surface area contributed by atoms with E-state index in [4.69, 9.17) is 19.3 Å². The number of rotatable bonds is 10. The van der Waals surface area contributed by atoms with Gasteiger partial charge in [0, 0.05) is 12.3 Å². The first-order valence-electron chi connectivity index (χ1n) is 7.80. The molecule has 1 aromatic carbocycles. The van der Waals surface area contributed by atoms with Crippen molar-refractivity contribution in [1.82, 2.24) is 5.32 Å². The summed E-state index contributed by atoms with van der Waals surface area (Å²) in [6, 6.07) is 1.92. The third-order valence-electron chi connectivity index (χ3n) is 3.51. The van der Waals surface area contributed by atoms with Gasteiger partial charge >= 0.3 is 5.97 Å². The Morgan fingerprint density at radius 3 is 2.11 bits per heavy atom. The summed E-state index contributed by atoms with van der Waals surface area (Å²) in [6.45, 7) is 0. The summed E-state index contributed by atoms with van der Waals surface area (Å²) in [5.74, 6) is -1.14. The molecule has 1 atom stereocenters. The quantitative estimate of drug-likeness (QED) is 0.549. The first-order valence-corrected chi connectivity index (χ1v) is 9.86. The topological polar surface area (TPSA) is 128 Å². The van der Waals surface area contributed by atoms with Gasteiger partial charge in [-0.15, -0.1) is 0 Å². The van der Waals surface area contributed by atoms with Crippen LogP contribution in [-0.2, 0) is 19.4 Å². The molecule has 0 spiro atoms. The van der Waals surface area contributed by atoms with E-state index in [0.29, 0.717) is 22.8 Å². The highest BCUT2D eigenvalue weighted by Gasteiger charge is 2.20. The smallest absolute Gasteiger partial charge is 0.326 e. The fourth-order valence-electron chi connectivity index (χ4n) is 2.18. The molecular weight excluding hydrogens is 378 g/mol. The Labute approximate surface area is 157 Å². The summed E-state index contributed by atoms with van der Waals surface area (Å²) in [5.41, 5.74) is 0.558. The number of benzene rings is 1. The Hall–Kier alpha value is -2.75. The zero-order valence-electron chi connectivity index (χ0n) is 15.5. The van der Waals surface area contributed by atoms with Crippen LogP contribution in [0.1, 0.15) is 12.0 Å². The van der Waals surface area contributed by atoms with Gasteiger partial charge in [-0.3, -0.25) is 4.79 Å². The summed E-state index contributed by atoms with van der Waals surface area (Å²) in [6.07, 6.45) is 3.35. The standard InChI is InChI=1S/C17H23NO8S/c1-24-13-9-11(10-14(25-2)16(13)26-3)5-6-15(19)18-12(17(20)21)7-8-27(4,22)23/h5-6,9-10,12H,7-8H2,1-4H3,(H,18,19)(H,20,21)/b6-5+. The number of hydrogen-bond acceptors (Lipinski definition) is 7. The van der Waals surface area contributed by atoms with Crippen LogP contribution in [0.2, 0.25) is 0 Å². The second kappa shape index (κ2) is 9.81. The van der Waals surface area contributed by atoms with Gasteiger partial charge in [0.2, 0.25) is 11.7 Å². The number of hydrogen-bond donors (Lipinski definition) is 2. The van der Waals surface area contributed by atoms with Crippen molar-refractivity contribution in [3.8, 4) is 17.2 Å². The van der Waals surface area contributed by atoms with Gasteiger partial charge in [0.1, 0.15) is 15.9 Å². The lowest BCUT2D eigenvalue weighted by Gasteiger charge is -2.13. The fraction of sp³-hybridized carbons (Fsp3) is 0.412. The number of aliphatic carboxylic acids is 1. The van der Waals surface area contributed by atoms with Crippen molar-refractivity contribution in [2.24, 2.45) is 0 Å². The maximum Gasteiger partial charge on any atom is 0.326 e. The van der Waals surface area contributed by atoms with Gasteiger partial charge in [-0.05, 0) is 30.2 Å². The monoisotopic (exact) mass is 401 g/mol. The van der Waals surface area contributed by atoms with Crippen molar-refractivity contribution in [2.45, 2.75) is 12.5 Å². The number of methoxy groups -OCH3 is 3. The van der Waals surface area contributed by atoms with E-state index in [9.17, 15) is 18.0 Å². The minimum absolute atomic E-state index is 0.224. The van der Waals surface area contributed by atoms with Crippen LogP contribution in [-0.4, -0.2) is 64.8 Å². The number of carbonyl (C=O) groups excluding carboxylic acids is 1. The molecule has 0 saturated heterocycles. The molecule has 150 valence electrons. The Morgan fingerprint density at radius 2 is 1.70 bits per heavy atom. The number of nitrogens with one attached hydrogen (secondary N) is 1. The Balaban J connectivity index is 2.91. The SMILES string of the molecule is COc1cc(/C=C/C(=O)NC(CCS(C)(=O)=O)C(=O)O)cc(OC)c1OC. The molecule has 0 heterocycles. The summed E-state index contributed by atoms with van der Waals surface area (Å²) in [7, 11) is 1.04. The molecule has 1 rings (SSSR count). The van der Waals surface area contributed by atoms with Gasteiger partial charge in [-0.2, -0.15) is 0 Å². The van der Waals surface area contributed by atoms with Crippen molar-refractivity contribution >= 4 is 27.8 Å². The first kappa shape index (κ1) is 22.3. The number of carboxylic acids is 1. The average molecular weight is 401 g/mol. The van der Waals surface area contributed by atoms with Crippen molar-refractivity contribution in [1.29, 1.82) is 0 Å². The molecule has 1 amide bonds. The van der Waals surface area contributed by atoms with E-state index >= 15 is 0 Å². The van der Waals surface area contributed by atoms with Gasteiger partial charge in [-0.25, -0.2) is 13.2 Å². The summed E-state index contributed by atoms with van der Waals surface area (Å²) in [5, 5.41) is 11.4. The Morgan fingerprint density at radius 1 is 1.15 bits per heavy atom. The van der Waals surface area contributed by atoms with Crippen LogP contribution in [0.4, 0.5) is 0 Å². The van der Waals surface area contributed by atoms with Crippen LogP contribution in [0, 0.1) is 0 Å². The third-order valence-corrected chi connectivity index (χ3v) is 4.48. The van der Waals surface area contributed by atoms with Crippen molar-refractivity contribution in [2.75, 3.05) is 33.3 Å². The minimum Gasteiger partial charge on any atom is -0.493 e. The lowest BCUT2D eigenvalue weighted by atomic mass is 10.1. The van der Waals surface area contributed by atoms with Gasteiger partial charge < -0.3 is 24.6 Å². The van der Waals surface area contributed by atoms with Gasteiger partial charge in [0.15, 0.2) is 11.5 Å².